The molecule has 8 nitrogen and oxygen atoms in total. The third kappa shape index (κ3) is 6.60. The summed E-state index contributed by atoms with van der Waals surface area (Å²) >= 11 is 5.99. The van der Waals surface area contributed by atoms with Crippen LogP contribution in [-0.2, 0) is 14.3 Å². The number of fused-ring (bicyclic) bond motifs is 1. The van der Waals surface area contributed by atoms with Crippen LogP contribution in [0.1, 0.15) is 42.0 Å². The normalized spacial score (nSPS) is 18.7. The van der Waals surface area contributed by atoms with Crippen LogP contribution in [0.15, 0.2) is 77.4 Å². The summed E-state index contributed by atoms with van der Waals surface area (Å²) in [4.78, 5) is 26.0. The van der Waals surface area contributed by atoms with Crippen molar-refractivity contribution >= 4 is 35.3 Å². The molecule has 5 rings (SSSR count). The Morgan fingerprint density at radius 2 is 1.67 bits per heavy atom. The maximum Gasteiger partial charge on any atom is 0.344 e. The summed E-state index contributed by atoms with van der Waals surface area (Å²) in [6.45, 7) is 1.05. The Kier molecular flexibility index (Phi) is 9.12. The Balaban J connectivity index is 1.34. The van der Waals surface area contributed by atoms with Gasteiger partial charge in [-0.1, -0.05) is 35.9 Å². The Morgan fingerprint density at radius 1 is 0.976 bits per heavy atom. The Morgan fingerprint density at radius 3 is 2.33 bits per heavy atom. The number of hydrazone groups is 1. The number of nitrogens with zero attached hydrogens (tertiary/aromatic N) is 2. The van der Waals surface area contributed by atoms with Crippen molar-refractivity contribution in [3.05, 3.63) is 94.0 Å². The summed E-state index contributed by atoms with van der Waals surface area (Å²) in [5.41, 5.74) is 4.74. The minimum atomic E-state index is -0.650. The van der Waals surface area contributed by atoms with E-state index in [1.54, 1.807) is 32.4 Å². The summed E-state index contributed by atoms with van der Waals surface area (Å²) in [5, 5.41) is 6.91. The number of allylic oxidation sites excluding steroid dienone is 1. The summed E-state index contributed by atoms with van der Waals surface area (Å²) in [5.74, 6) is 0.988. The maximum atomic E-state index is 13.5. The highest BCUT2D eigenvalue weighted by molar-refractivity contribution is 6.30. The van der Waals surface area contributed by atoms with Crippen molar-refractivity contribution in [3.8, 4) is 17.2 Å². The SMILES string of the molecule is COc1ccc(C=C2CCCC3C2=NN(C(=O)COC(=O)COc2ccc(Cl)cc2C)C3c2ccc(OC)cc2)cc1. The molecule has 218 valence electrons. The van der Waals surface area contributed by atoms with Gasteiger partial charge >= 0.3 is 5.97 Å². The van der Waals surface area contributed by atoms with Crippen LogP contribution in [0, 0.1) is 12.8 Å². The van der Waals surface area contributed by atoms with Crippen LogP contribution >= 0.6 is 11.6 Å². The van der Waals surface area contributed by atoms with Crippen molar-refractivity contribution in [1.82, 2.24) is 5.01 Å². The van der Waals surface area contributed by atoms with E-state index in [1.165, 1.54) is 5.01 Å². The molecule has 2 aliphatic rings. The van der Waals surface area contributed by atoms with Crippen LogP contribution in [0.5, 0.6) is 17.2 Å². The Labute approximate surface area is 250 Å². The van der Waals surface area contributed by atoms with E-state index < -0.39 is 18.5 Å². The van der Waals surface area contributed by atoms with Gasteiger partial charge in [-0.15, -0.1) is 0 Å². The molecule has 1 amide bonds. The van der Waals surface area contributed by atoms with Crippen LogP contribution in [0.2, 0.25) is 5.02 Å². The molecule has 0 saturated heterocycles. The third-order valence-corrected chi connectivity index (χ3v) is 7.75. The van der Waals surface area contributed by atoms with Gasteiger partial charge in [-0.3, -0.25) is 4.79 Å². The predicted molar refractivity (Wildman–Crippen MR) is 161 cm³/mol. The average Bonchev–Trinajstić information content (AvgIpc) is 3.40. The van der Waals surface area contributed by atoms with Gasteiger partial charge < -0.3 is 18.9 Å². The number of benzene rings is 3. The van der Waals surface area contributed by atoms with E-state index in [9.17, 15) is 9.59 Å². The number of ether oxygens (including phenoxy) is 4. The second-order valence-electron chi connectivity index (χ2n) is 10.2. The van der Waals surface area contributed by atoms with E-state index in [-0.39, 0.29) is 18.6 Å². The van der Waals surface area contributed by atoms with Gasteiger partial charge in [-0.05, 0) is 97.0 Å². The molecular weight excluding hydrogens is 556 g/mol. The largest absolute Gasteiger partial charge is 0.497 e. The van der Waals surface area contributed by atoms with E-state index in [1.807, 2.05) is 55.5 Å². The molecule has 1 saturated carbocycles. The lowest BCUT2D eigenvalue weighted by Gasteiger charge is -2.29. The number of methoxy groups -OCH3 is 2. The summed E-state index contributed by atoms with van der Waals surface area (Å²) < 4.78 is 21.5. The molecule has 1 heterocycles. The molecule has 42 heavy (non-hydrogen) atoms. The molecule has 3 aromatic carbocycles. The lowest BCUT2D eigenvalue weighted by Crippen LogP contribution is -2.35. The van der Waals surface area contributed by atoms with Gasteiger partial charge in [0.1, 0.15) is 17.2 Å². The Hall–Kier alpha value is -4.30. The molecular formula is C33H33ClN2O6. The molecule has 2 unspecified atom stereocenters. The van der Waals surface area contributed by atoms with Crippen molar-refractivity contribution in [2.75, 3.05) is 27.4 Å². The zero-order valence-electron chi connectivity index (χ0n) is 23.8. The number of hydrogen-bond donors (Lipinski definition) is 0. The monoisotopic (exact) mass is 588 g/mol. The first-order chi connectivity index (χ1) is 20.4. The highest BCUT2D eigenvalue weighted by Crippen LogP contribution is 2.44. The van der Waals surface area contributed by atoms with Gasteiger partial charge in [0.2, 0.25) is 0 Å². The van der Waals surface area contributed by atoms with Crippen LogP contribution in [0.4, 0.5) is 0 Å². The van der Waals surface area contributed by atoms with Gasteiger partial charge in [0.05, 0.1) is 26.0 Å². The minimum absolute atomic E-state index is 0.00695. The van der Waals surface area contributed by atoms with Crippen molar-refractivity contribution in [2.24, 2.45) is 11.0 Å². The van der Waals surface area contributed by atoms with Gasteiger partial charge in [0, 0.05) is 10.9 Å². The van der Waals surface area contributed by atoms with Gasteiger partial charge in [-0.2, -0.15) is 5.10 Å². The molecule has 3 aromatic rings. The first-order valence-electron chi connectivity index (χ1n) is 13.8. The molecule has 1 fully saturated rings. The predicted octanol–water partition coefficient (Wildman–Crippen LogP) is 6.41. The van der Waals surface area contributed by atoms with E-state index in [0.717, 1.165) is 58.7 Å². The number of carbonyl (C=O) groups excluding carboxylic acids is 2. The molecule has 1 aliphatic heterocycles. The summed E-state index contributed by atoms with van der Waals surface area (Å²) in [6.07, 6.45) is 4.83. The fraction of sp³-hybridized carbons (Fsp3) is 0.303. The van der Waals surface area contributed by atoms with E-state index in [0.29, 0.717) is 10.8 Å². The smallest absolute Gasteiger partial charge is 0.344 e. The van der Waals surface area contributed by atoms with Gasteiger partial charge in [-0.25, -0.2) is 9.80 Å². The van der Waals surface area contributed by atoms with E-state index >= 15 is 0 Å². The standard InChI is InChI=1S/C33H33ClN2O6/c1-21-17-25(34)11-16-29(21)41-20-31(38)42-19-30(37)36-33(23-9-14-27(40-3)15-10-23)28-6-4-5-24(32(28)35-36)18-22-7-12-26(39-2)13-8-22/h7-18,28,33H,4-6,19-20H2,1-3H3. The summed E-state index contributed by atoms with van der Waals surface area (Å²) in [7, 11) is 3.26. The minimum Gasteiger partial charge on any atom is -0.497 e. The lowest BCUT2D eigenvalue weighted by molar-refractivity contribution is -0.154. The second kappa shape index (κ2) is 13.1. The van der Waals surface area contributed by atoms with Crippen LogP contribution in [-0.4, -0.2) is 50.0 Å². The maximum absolute atomic E-state index is 13.5. The topological polar surface area (TPSA) is 86.7 Å². The molecule has 2 atom stereocenters. The van der Waals surface area contributed by atoms with Gasteiger partial charge in [0.15, 0.2) is 13.2 Å². The third-order valence-electron chi connectivity index (χ3n) is 7.51. The first-order valence-corrected chi connectivity index (χ1v) is 14.2. The Bertz CT molecular complexity index is 1500. The number of hydrogen-bond acceptors (Lipinski definition) is 7. The van der Waals surface area contributed by atoms with Crippen LogP contribution in [0.3, 0.4) is 0 Å². The lowest BCUT2D eigenvalue weighted by atomic mass is 9.77. The van der Waals surface area contributed by atoms with Crippen molar-refractivity contribution in [1.29, 1.82) is 0 Å². The number of rotatable bonds is 9. The molecule has 9 heteroatoms. The zero-order valence-corrected chi connectivity index (χ0v) is 24.6. The molecule has 0 N–H and O–H groups in total. The number of halogens is 1. The number of amides is 1. The molecule has 0 spiro atoms. The van der Waals surface area contributed by atoms with Crippen LogP contribution in [0.25, 0.3) is 6.08 Å². The second-order valence-corrected chi connectivity index (χ2v) is 10.7. The number of esters is 1. The molecule has 0 bridgehead atoms. The van der Waals surface area contributed by atoms with E-state index in [2.05, 4.69) is 6.08 Å². The fourth-order valence-electron chi connectivity index (χ4n) is 5.40. The van der Waals surface area contributed by atoms with Crippen molar-refractivity contribution in [3.63, 3.8) is 0 Å². The van der Waals surface area contributed by atoms with E-state index in [4.69, 9.17) is 35.6 Å². The molecule has 1 aliphatic carbocycles. The molecule has 0 radical (unpaired) electrons. The van der Waals surface area contributed by atoms with Gasteiger partial charge in [0.25, 0.3) is 5.91 Å². The van der Waals surface area contributed by atoms with Crippen LogP contribution < -0.4 is 14.2 Å². The average molecular weight is 589 g/mol. The zero-order chi connectivity index (χ0) is 29.6. The number of aryl methyl sites for hydroxylation is 1. The van der Waals surface area contributed by atoms with Crippen molar-refractivity contribution < 1.29 is 28.5 Å². The highest BCUT2D eigenvalue weighted by Gasteiger charge is 2.43. The first kappa shape index (κ1) is 29.2. The number of carbonyl (C=O) groups is 2. The molecule has 0 aromatic heterocycles. The summed E-state index contributed by atoms with van der Waals surface area (Å²) in [6, 6.07) is 20.3. The quantitative estimate of drug-likeness (QED) is 0.268. The highest BCUT2D eigenvalue weighted by atomic mass is 35.5. The van der Waals surface area contributed by atoms with Crippen molar-refractivity contribution in [2.45, 2.75) is 32.2 Å². The fourth-order valence-corrected chi connectivity index (χ4v) is 5.63.